The molecule has 2 aromatic rings. The molecule has 22 heavy (non-hydrogen) atoms. The minimum atomic E-state index is 0.0419. The molecule has 1 aliphatic heterocycles. The summed E-state index contributed by atoms with van der Waals surface area (Å²) in [6.07, 6.45) is 1.99. The Morgan fingerprint density at radius 1 is 1.41 bits per heavy atom. The highest BCUT2D eigenvalue weighted by molar-refractivity contribution is 7.09. The van der Waals surface area contributed by atoms with Crippen LogP contribution < -0.4 is 4.90 Å². The zero-order chi connectivity index (χ0) is 15.5. The number of thiazole rings is 1. The van der Waals surface area contributed by atoms with Gasteiger partial charge in [-0.15, -0.1) is 11.3 Å². The van der Waals surface area contributed by atoms with E-state index in [9.17, 15) is 0 Å². The zero-order valence-corrected chi connectivity index (χ0v) is 14.1. The van der Waals surface area contributed by atoms with E-state index in [2.05, 4.69) is 46.0 Å². The van der Waals surface area contributed by atoms with Crippen LogP contribution in [0.4, 0.5) is 5.69 Å². The quantitative estimate of drug-likeness (QED) is 0.866. The Kier molecular flexibility index (Phi) is 4.71. The minimum absolute atomic E-state index is 0.0419. The third kappa shape index (κ3) is 3.63. The SMILES string of the molecule is Cc1cc(N(C)C)cc(C2CN(Cc3cncs3)CCO2)n1. The van der Waals surface area contributed by atoms with Crippen LogP contribution in [0.25, 0.3) is 0 Å². The van der Waals surface area contributed by atoms with Gasteiger partial charge in [0, 0.05) is 56.2 Å². The smallest absolute Gasteiger partial charge is 0.112 e. The number of anilines is 1. The van der Waals surface area contributed by atoms with Crippen molar-refractivity contribution in [2.75, 3.05) is 38.7 Å². The third-order valence-corrected chi connectivity index (χ3v) is 4.58. The van der Waals surface area contributed by atoms with Crippen molar-refractivity contribution in [3.63, 3.8) is 0 Å². The first kappa shape index (κ1) is 15.4. The molecule has 0 aliphatic carbocycles. The molecule has 6 heteroatoms. The molecule has 1 fully saturated rings. The van der Waals surface area contributed by atoms with Crippen molar-refractivity contribution in [3.05, 3.63) is 40.1 Å². The number of nitrogens with zero attached hydrogens (tertiary/aromatic N) is 4. The first-order valence-electron chi connectivity index (χ1n) is 7.49. The number of hydrogen-bond acceptors (Lipinski definition) is 6. The molecule has 0 radical (unpaired) electrons. The van der Waals surface area contributed by atoms with E-state index in [1.807, 2.05) is 18.6 Å². The van der Waals surface area contributed by atoms with Crippen LogP contribution in [-0.2, 0) is 11.3 Å². The standard InChI is InChI=1S/C16H22N4OS/c1-12-6-13(19(2)3)7-15(18-12)16-10-20(4-5-21-16)9-14-8-17-11-22-14/h6-8,11,16H,4-5,9-10H2,1-3H3. The summed E-state index contributed by atoms with van der Waals surface area (Å²) >= 11 is 1.71. The number of aromatic nitrogens is 2. The van der Waals surface area contributed by atoms with E-state index >= 15 is 0 Å². The molecular weight excluding hydrogens is 296 g/mol. The fourth-order valence-corrected chi connectivity index (χ4v) is 3.30. The maximum atomic E-state index is 5.97. The predicted octanol–water partition coefficient (Wildman–Crippen LogP) is 2.49. The number of morpholine rings is 1. The molecule has 0 bridgehead atoms. The third-order valence-electron chi connectivity index (χ3n) is 3.82. The largest absolute Gasteiger partial charge is 0.378 e. The van der Waals surface area contributed by atoms with Gasteiger partial charge in [0.15, 0.2) is 0 Å². The van der Waals surface area contributed by atoms with Crippen molar-refractivity contribution >= 4 is 17.0 Å². The summed E-state index contributed by atoms with van der Waals surface area (Å²) in [5.74, 6) is 0. The Hall–Kier alpha value is -1.50. The van der Waals surface area contributed by atoms with E-state index in [-0.39, 0.29) is 6.10 Å². The van der Waals surface area contributed by atoms with Crippen molar-refractivity contribution in [1.29, 1.82) is 0 Å². The molecule has 5 nitrogen and oxygen atoms in total. The van der Waals surface area contributed by atoms with Gasteiger partial charge in [-0.1, -0.05) is 0 Å². The molecule has 3 heterocycles. The van der Waals surface area contributed by atoms with Crippen LogP contribution >= 0.6 is 11.3 Å². The van der Waals surface area contributed by atoms with Crippen molar-refractivity contribution in [2.24, 2.45) is 0 Å². The van der Waals surface area contributed by atoms with Crippen molar-refractivity contribution in [3.8, 4) is 0 Å². The molecule has 118 valence electrons. The average molecular weight is 318 g/mol. The molecule has 0 amide bonds. The lowest BCUT2D eigenvalue weighted by molar-refractivity contribution is -0.0347. The van der Waals surface area contributed by atoms with E-state index < -0.39 is 0 Å². The summed E-state index contributed by atoms with van der Waals surface area (Å²) in [7, 11) is 4.10. The van der Waals surface area contributed by atoms with Gasteiger partial charge in [-0.3, -0.25) is 14.9 Å². The van der Waals surface area contributed by atoms with Gasteiger partial charge in [-0.25, -0.2) is 0 Å². The number of hydrogen-bond donors (Lipinski definition) is 0. The lowest BCUT2D eigenvalue weighted by Gasteiger charge is -2.32. The highest BCUT2D eigenvalue weighted by atomic mass is 32.1. The lowest BCUT2D eigenvalue weighted by atomic mass is 10.1. The summed E-state index contributed by atoms with van der Waals surface area (Å²) in [4.78, 5) is 14.7. The fourth-order valence-electron chi connectivity index (χ4n) is 2.66. The lowest BCUT2D eigenvalue weighted by Crippen LogP contribution is -2.38. The van der Waals surface area contributed by atoms with E-state index in [0.717, 1.165) is 37.6 Å². The van der Waals surface area contributed by atoms with Crippen LogP contribution in [0.5, 0.6) is 0 Å². The highest BCUT2D eigenvalue weighted by Crippen LogP contribution is 2.25. The Morgan fingerprint density at radius 3 is 3.00 bits per heavy atom. The maximum absolute atomic E-state index is 5.97. The Morgan fingerprint density at radius 2 is 2.27 bits per heavy atom. The predicted molar refractivity (Wildman–Crippen MR) is 89.4 cm³/mol. The molecular formula is C16H22N4OS. The maximum Gasteiger partial charge on any atom is 0.112 e. The first-order chi connectivity index (χ1) is 10.6. The number of pyridine rings is 1. The second-order valence-corrected chi connectivity index (χ2v) is 6.82. The van der Waals surface area contributed by atoms with E-state index in [1.165, 1.54) is 10.6 Å². The van der Waals surface area contributed by atoms with Crippen LogP contribution in [0.3, 0.4) is 0 Å². The van der Waals surface area contributed by atoms with Gasteiger partial charge < -0.3 is 9.64 Å². The molecule has 0 saturated carbocycles. The van der Waals surface area contributed by atoms with Gasteiger partial charge in [-0.05, 0) is 19.1 Å². The van der Waals surface area contributed by atoms with Gasteiger partial charge >= 0.3 is 0 Å². The first-order valence-corrected chi connectivity index (χ1v) is 8.37. The van der Waals surface area contributed by atoms with Crippen molar-refractivity contribution < 1.29 is 4.74 Å². The summed E-state index contributed by atoms with van der Waals surface area (Å²) in [5, 5.41) is 0. The molecule has 0 spiro atoms. The number of rotatable bonds is 4. The molecule has 3 rings (SSSR count). The summed E-state index contributed by atoms with van der Waals surface area (Å²) in [6, 6.07) is 4.23. The van der Waals surface area contributed by atoms with Gasteiger partial charge in [0.25, 0.3) is 0 Å². The van der Waals surface area contributed by atoms with Crippen LogP contribution in [-0.4, -0.2) is 48.7 Å². The van der Waals surface area contributed by atoms with Crippen LogP contribution in [0.1, 0.15) is 22.4 Å². The van der Waals surface area contributed by atoms with Crippen molar-refractivity contribution in [2.45, 2.75) is 19.6 Å². The van der Waals surface area contributed by atoms with Gasteiger partial charge in [0.2, 0.25) is 0 Å². The summed E-state index contributed by atoms with van der Waals surface area (Å²) in [5.41, 5.74) is 5.12. The minimum Gasteiger partial charge on any atom is -0.378 e. The van der Waals surface area contributed by atoms with Crippen LogP contribution in [0, 0.1) is 6.92 Å². The average Bonchev–Trinajstić information content (AvgIpc) is 3.00. The van der Waals surface area contributed by atoms with Gasteiger partial charge in [0.1, 0.15) is 6.10 Å². The Balaban J connectivity index is 1.74. The molecule has 0 N–H and O–H groups in total. The van der Waals surface area contributed by atoms with E-state index in [4.69, 9.17) is 4.74 Å². The molecule has 1 aliphatic rings. The fraction of sp³-hybridized carbons (Fsp3) is 0.500. The van der Waals surface area contributed by atoms with E-state index in [0.29, 0.717) is 0 Å². The molecule has 2 aromatic heterocycles. The Labute approximate surface area is 135 Å². The molecule has 1 unspecified atom stereocenters. The van der Waals surface area contributed by atoms with Crippen LogP contribution in [0.2, 0.25) is 0 Å². The van der Waals surface area contributed by atoms with Crippen LogP contribution in [0.15, 0.2) is 23.8 Å². The van der Waals surface area contributed by atoms with Crippen molar-refractivity contribution in [1.82, 2.24) is 14.9 Å². The van der Waals surface area contributed by atoms with Gasteiger partial charge in [-0.2, -0.15) is 0 Å². The normalized spacial score (nSPS) is 19.3. The number of aryl methyl sites for hydroxylation is 1. The second kappa shape index (κ2) is 6.73. The molecule has 1 atom stereocenters. The van der Waals surface area contributed by atoms with E-state index in [1.54, 1.807) is 11.3 Å². The summed E-state index contributed by atoms with van der Waals surface area (Å²) < 4.78 is 5.97. The molecule has 0 aromatic carbocycles. The summed E-state index contributed by atoms with van der Waals surface area (Å²) in [6.45, 7) is 5.56. The highest BCUT2D eigenvalue weighted by Gasteiger charge is 2.24. The number of ether oxygens (including phenoxy) is 1. The van der Waals surface area contributed by atoms with Gasteiger partial charge in [0.05, 0.1) is 17.8 Å². The monoisotopic (exact) mass is 318 g/mol. The zero-order valence-electron chi connectivity index (χ0n) is 13.3. The topological polar surface area (TPSA) is 41.5 Å². The second-order valence-electron chi connectivity index (χ2n) is 5.85. The Bertz CT molecular complexity index is 615. The molecule has 1 saturated heterocycles.